The molecule has 1 unspecified atom stereocenters. The third-order valence-electron chi connectivity index (χ3n) is 6.32. The highest BCUT2D eigenvalue weighted by molar-refractivity contribution is 7.14. The lowest BCUT2D eigenvalue weighted by molar-refractivity contribution is -0.120. The van der Waals surface area contributed by atoms with Crippen LogP contribution in [0.1, 0.15) is 66.7 Å². The largest absolute Gasteiger partial charge is 0.352 e. The molecule has 9 heteroatoms. The summed E-state index contributed by atoms with van der Waals surface area (Å²) in [5.74, 6) is -0.0379. The molecule has 1 aromatic carbocycles. The zero-order valence-electron chi connectivity index (χ0n) is 21.0. The number of hydrogen-bond acceptors (Lipinski definition) is 6. The molecule has 0 aliphatic heterocycles. The van der Waals surface area contributed by atoms with Gasteiger partial charge < -0.3 is 10.6 Å². The number of anilines is 1. The number of aromatic nitrogens is 2. The highest BCUT2D eigenvalue weighted by Crippen LogP contribution is 2.29. The SMILES string of the molecule is CCC1=C(NC(=O)CCNC(=O)c2ccc(C(=O)Nc3nc(-c4ccccn4)cs3)cc2)CCC(C)C1. The predicted molar refractivity (Wildman–Crippen MR) is 145 cm³/mol. The Morgan fingerprint density at radius 2 is 1.76 bits per heavy atom. The molecule has 1 aliphatic carbocycles. The van der Waals surface area contributed by atoms with Gasteiger partial charge in [-0.1, -0.05) is 25.5 Å². The Morgan fingerprint density at radius 1 is 1.00 bits per heavy atom. The number of allylic oxidation sites excluding steroid dienone is 2. The summed E-state index contributed by atoms with van der Waals surface area (Å²) in [4.78, 5) is 46.1. The molecule has 3 amide bonds. The number of nitrogens with zero attached hydrogens (tertiary/aromatic N) is 2. The van der Waals surface area contributed by atoms with Crippen molar-refractivity contribution in [3.05, 3.63) is 76.4 Å². The summed E-state index contributed by atoms with van der Waals surface area (Å²) >= 11 is 1.32. The van der Waals surface area contributed by atoms with Gasteiger partial charge in [0.2, 0.25) is 5.91 Å². The van der Waals surface area contributed by atoms with Crippen LogP contribution >= 0.6 is 11.3 Å². The van der Waals surface area contributed by atoms with Gasteiger partial charge in [-0.25, -0.2) is 4.98 Å². The molecule has 0 saturated carbocycles. The smallest absolute Gasteiger partial charge is 0.257 e. The van der Waals surface area contributed by atoms with Crippen LogP contribution in [0.15, 0.2) is 65.3 Å². The van der Waals surface area contributed by atoms with Gasteiger partial charge in [-0.3, -0.25) is 24.7 Å². The minimum atomic E-state index is -0.316. The number of rotatable bonds is 9. The zero-order valence-corrected chi connectivity index (χ0v) is 21.9. The second kappa shape index (κ2) is 12.4. The second-order valence-electron chi connectivity index (χ2n) is 9.12. The molecular formula is C28H31N5O3S. The van der Waals surface area contributed by atoms with Gasteiger partial charge in [0.05, 0.1) is 5.69 Å². The first-order chi connectivity index (χ1) is 17.9. The van der Waals surface area contributed by atoms with Gasteiger partial charge in [0, 0.05) is 41.4 Å². The van der Waals surface area contributed by atoms with Crippen LogP contribution in [-0.4, -0.2) is 34.2 Å². The Balaban J connectivity index is 1.24. The highest BCUT2D eigenvalue weighted by atomic mass is 32.1. The summed E-state index contributed by atoms with van der Waals surface area (Å²) in [5, 5.41) is 10.9. The van der Waals surface area contributed by atoms with Crippen molar-refractivity contribution in [3.63, 3.8) is 0 Å². The summed E-state index contributed by atoms with van der Waals surface area (Å²) in [6, 6.07) is 11.9. The van der Waals surface area contributed by atoms with Crippen molar-refractivity contribution >= 4 is 34.2 Å². The highest BCUT2D eigenvalue weighted by Gasteiger charge is 2.18. The van der Waals surface area contributed by atoms with Crippen LogP contribution in [0.4, 0.5) is 5.13 Å². The molecule has 1 atom stereocenters. The molecule has 0 radical (unpaired) electrons. The number of thiazole rings is 1. The number of nitrogens with one attached hydrogen (secondary N) is 3. The third-order valence-corrected chi connectivity index (χ3v) is 7.08. The van der Waals surface area contributed by atoms with E-state index in [2.05, 4.69) is 39.8 Å². The van der Waals surface area contributed by atoms with Crippen LogP contribution < -0.4 is 16.0 Å². The Hall–Kier alpha value is -3.85. The fraction of sp³-hybridized carbons (Fsp3) is 0.321. The molecule has 3 N–H and O–H groups in total. The van der Waals surface area contributed by atoms with E-state index >= 15 is 0 Å². The molecule has 4 rings (SSSR count). The maximum absolute atomic E-state index is 12.6. The number of benzene rings is 1. The lowest BCUT2D eigenvalue weighted by Crippen LogP contribution is -2.31. The topological polar surface area (TPSA) is 113 Å². The van der Waals surface area contributed by atoms with Gasteiger partial charge in [-0.15, -0.1) is 11.3 Å². The molecule has 0 bridgehead atoms. The number of carbonyl (C=O) groups is 3. The quantitative estimate of drug-likeness (QED) is 0.362. The fourth-order valence-electron chi connectivity index (χ4n) is 4.25. The third kappa shape index (κ3) is 7.10. The standard InChI is InChI=1S/C28H31N5O3S/c1-3-19-16-18(2)7-12-22(19)31-25(34)13-15-30-26(35)20-8-10-21(11-9-20)27(36)33-28-32-24(17-37-28)23-6-4-5-14-29-23/h4-6,8-11,14,17-18H,3,7,12-13,15-16H2,1-2H3,(H,30,35)(H,31,34)(H,32,33,36). The van der Waals surface area contributed by atoms with Crippen molar-refractivity contribution in [3.8, 4) is 11.4 Å². The predicted octanol–water partition coefficient (Wildman–Crippen LogP) is 5.18. The zero-order chi connectivity index (χ0) is 26.2. The van der Waals surface area contributed by atoms with Gasteiger partial charge in [-0.2, -0.15) is 0 Å². The van der Waals surface area contributed by atoms with E-state index in [9.17, 15) is 14.4 Å². The van der Waals surface area contributed by atoms with Crippen molar-refractivity contribution in [2.24, 2.45) is 5.92 Å². The molecule has 2 heterocycles. The molecule has 192 valence electrons. The summed E-state index contributed by atoms with van der Waals surface area (Å²) in [6.45, 7) is 4.59. The molecular weight excluding hydrogens is 486 g/mol. The summed E-state index contributed by atoms with van der Waals surface area (Å²) in [6.07, 6.45) is 5.86. The van der Waals surface area contributed by atoms with Crippen molar-refractivity contribution in [2.75, 3.05) is 11.9 Å². The van der Waals surface area contributed by atoms with Crippen molar-refractivity contribution in [1.82, 2.24) is 20.6 Å². The maximum atomic E-state index is 12.6. The summed E-state index contributed by atoms with van der Waals surface area (Å²) in [5.41, 5.74) is 4.63. The summed E-state index contributed by atoms with van der Waals surface area (Å²) < 4.78 is 0. The fourth-order valence-corrected chi connectivity index (χ4v) is 4.95. The first-order valence-corrected chi connectivity index (χ1v) is 13.4. The second-order valence-corrected chi connectivity index (χ2v) is 9.98. The molecule has 3 aromatic rings. The van der Waals surface area contributed by atoms with Crippen molar-refractivity contribution in [1.29, 1.82) is 0 Å². The van der Waals surface area contributed by atoms with E-state index < -0.39 is 0 Å². The minimum absolute atomic E-state index is 0.0868. The van der Waals surface area contributed by atoms with Crippen LogP contribution in [-0.2, 0) is 4.79 Å². The number of carbonyl (C=O) groups excluding carboxylic acids is 3. The molecule has 0 saturated heterocycles. The minimum Gasteiger partial charge on any atom is -0.352 e. The number of pyridine rings is 1. The van der Waals surface area contributed by atoms with Gasteiger partial charge in [0.25, 0.3) is 11.8 Å². The van der Waals surface area contributed by atoms with E-state index in [1.54, 1.807) is 30.5 Å². The van der Waals surface area contributed by atoms with Gasteiger partial charge >= 0.3 is 0 Å². The van der Waals surface area contributed by atoms with E-state index in [4.69, 9.17) is 0 Å². The van der Waals surface area contributed by atoms with Crippen molar-refractivity contribution < 1.29 is 14.4 Å². The molecule has 8 nitrogen and oxygen atoms in total. The van der Waals surface area contributed by atoms with Crippen LogP contribution in [0.5, 0.6) is 0 Å². The Morgan fingerprint density at radius 3 is 2.46 bits per heavy atom. The van der Waals surface area contributed by atoms with E-state index in [1.165, 1.54) is 16.9 Å². The average Bonchev–Trinajstić information content (AvgIpc) is 3.38. The van der Waals surface area contributed by atoms with Crippen LogP contribution in [0.25, 0.3) is 11.4 Å². The maximum Gasteiger partial charge on any atom is 0.257 e. The van der Waals surface area contributed by atoms with Gasteiger partial charge in [-0.05, 0) is 68.0 Å². The number of amides is 3. The first-order valence-electron chi connectivity index (χ1n) is 12.5. The number of hydrogen-bond donors (Lipinski definition) is 3. The average molecular weight is 518 g/mol. The molecule has 0 fully saturated rings. The van der Waals surface area contributed by atoms with Crippen LogP contribution in [0, 0.1) is 5.92 Å². The molecule has 1 aliphatic rings. The Labute approximate surface area is 220 Å². The monoisotopic (exact) mass is 517 g/mol. The van der Waals surface area contributed by atoms with Gasteiger partial charge in [0.15, 0.2) is 5.13 Å². The normalized spacial score (nSPS) is 15.2. The molecule has 37 heavy (non-hydrogen) atoms. The molecule has 0 spiro atoms. The Bertz CT molecular complexity index is 1280. The molecule has 2 aromatic heterocycles. The van der Waals surface area contributed by atoms with E-state index in [0.29, 0.717) is 27.9 Å². The van der Waals surface area contributed by atoms with Crippen LogP contribution in [0.2, 0.25) is 0 Å². The Kier molecular flexibility index (Phi) is 8.79. The summed E-state index contributed by atoms with van der Waals surface area (Å²) in [7, 11) is 0. The first kappa shape index (κ1) is 26.2. The van der Waals surface area contributed by atoms with Gasteiger partial charge in [0.1, 0.15) is 5.69 Å². The lowest BCUT2D eigenvalue weighted by Gasteiger charge is -2.24. The van der Waals surface area contributed by atoms with E-state index in [1.807, 2.05) is 23.6 Å². The van der Waals surface area contributed by atoms with E-state index in [-0.39, 0.29) is 30.7 Å². The lowest BCUT2D eigenvalue weighted by atomic mass is 9.87. The van der Waals surface area contributed by atoms with Crippen LogP contribution in [0.3, 0.4) is 0 Å². The van der Waals surface area contributed by atoms with Crippen molar-refractivity contribution in [2.45, 2.75) is 46.0 Å². The van der Waals surface area contributed by atoms with E-state index in [0.717, 1.165) is 37.1 Å².